The van der Waals surface area contributed by atoms with Crippen LogP contribution in [0.1, 0.15) is 56.0 Å². The van der Waals surface area contributed by atoms with Crippen LogP contribution in [0.4, 0.5) is 5.69 Å². The summed E-state index contributed by atoms with van der Waals surface area (Å²) in [6.07, 6.45) is 3.42. The number of benzene rings is 1. The first-order chi connectivity index (χ1) is 10.5. The maximum Gasteiger partial charge on any atom is 0.335 e. The Labute approximate surface area is 135 Å². The van der Waals surface area contributed by atoms with Crippen molar-refractivity contribution < 1.29 is 9.90 Å². The quantitative estimate of drug-likeness (QED) is 0.581. The van der Waals surface area contributed by atoms with Gasteiger partial charge >= 0.3 is 5.97 Å². The van der Waals surface area contributed by atoms with Gasteiger partial charge in [-0.2, -0.15) is 10.0 Å². The van der Waals surface area contributed by atoms with Gasteiger partial charge < -0.3 is 10.8 Å². The third kappa shape index (κ3) is 5.31. The van der Waals surface area contributed by atoms with Gasteiger partial charge in [0.05, 0.1) is 5.56 Å². The normalized spacial score (nSPS) is 11.6. The molecule has 0 amide bonds. The molecule has 0 unspecified atom stereocenters. The minimum Gasteiger partial charge on any atom is -0.478 e. The van der Waals surface area contributed by atoms with Gasteiger partial charge in [0.1, 0.15) is 0 Å². The van der Waals surface area contributed by atoms with Crippen molar-refractivity contribution in [2.45, 2.75) is 40.0 Å². The van der Waals surface area contributed by atoms with E-state index in [9.17, 15) is 4.79 Å². The Morgan fingerprint density at radius 1 is 1.09 bits per heavy atom. The molecule has 1 aromatic carbocycles. The van der Waals surface area contributed by atoms with Crippen molar-refractivity contribution in [3.63, 3.8) is 0 Å². The summed E-state index contributed by atoms with van der Waals surface area (Å²) >= 11 is 0. The summed E-state index contributed by atoms with van der Waals surface area (Å²) in [4.78, 5) is 11.1. The molecule has 0 aromatic heterocycles. The number of hydrogen-bond donors (Lipinski definition) is 2. The molecule has 0 aliphatic carbocycles. The van der Waals surface area contributed by atoms with E-state index in [0.29, 0.717) is 11.3 Å². The number of aromatic carboxylic acids is 1. The van der Waals surface area contributed by atoms with E-state index in [-0.39, 0.29) is 5.56 Å². The number of carboxylic acid groups (broad SMARTS) is 1. The van der Waals surface area contributed by atoms with Gasteiger partial charge in [0.25, 0.3) is 0 Å². The second-order valence-electron chi connectivity index (χ2n) is 5.53. The van der Waals surface area contributed by atoms with E-state index in [0.717, 1.165) is 36.5 Å². The molecule has 0 spiro atoms. The lowest BCUT2D eigenvalue weighted by atomic mass is 10.1. The largest absolute Gasteiger partial charge is 0.478 e. The minimum absolute atomic E-state index is 0.200. The first-order valence-corrected chi connectivity index (χ1v) is 10.0. The van der Waals surface area contributed by atoms with E-state index in [2.05, 4.69) is 31.9 Å². The first-order valence-electron chi connectivity index (χ1n) is 7.89. The van der Waals surface area contributed by atoms with Gasteiger partial charge in [0, 0.05) is 11.3 Å². The second-order valence-corrected chi connectivity index (χ2v) is 9.05. The van der Waals surface area contributed by atoms with Gasteiger partial charge in [-0.15, -0.1) is 0 Å². The molecule has 0 aliphatic rings. The van der Waals surface area contributed by atoms with Crippen molar-refractivity contribution in [3.05, 3.63) is 29.3 Å². The van der Waals surface area contributed by atoms with Crippen molar-refractivity contribution >= 4 is 21.7 Å². The van der Waals surface area contributed by atoms with Crippen LogP contribution >= 0.6 is 10.0 Å². The molecule has 0 radical (unpaired) electrons. The fourth-order valence-electron chi connectivity index (χ4n) is 2.65. The zero-order valence-electron chi connectivity index (χ0n) is 13.8. The van der Waals surface area contributed by atoms with E-state index >= 15 is 0 Å². The van der Waals surface area contributed by atoms with Crippen molar-refractivity contribution in [1.82, 2.24) is 0 Å². The SMILES string of the molecule is CCCS(C#Cc1cc(N)cc(C(=O)O)c1)(CCC)CCC. The molecule has 3 nitrogen and oxygen atoms in total. The molecule has 0 saturated carbocycles. The molecular formula is C18H27NO2S. The third-order valence-electron chi connectivity index (χ3n) is 3.40. The minimum atomic E-state index is -0.968. The van der Waals surface area contributed by atoms with E-state index in [1.54, 1.807) is 12.1 Å². The highest BCUT2D eigenvalue weighted by Crippen LogP contribution is 2.48. The maximum atomic E-state index is 11.1. The van der Waals surface area contributed by atoms with E-state index in [1.165, 1.54) is 6.07 Å². The topological polar surface area (TPSA) is 63.3 Å². The van der Waals surface area contributed by atoms with Crippen LogP contribution in [0.3, 0.4) is 0 Å². The predicted molar refractivity (Wildman–Crippen MR) is 97.8 cm³/mol. The molecule has 122 valence electrons. The summed E-state index contributed by atoms with van der Waals surface area (Å²) in [6, 6.07) is 4.84. The Balaban J connectivity index is 3.18. The number of carboxylic acids is 1. The molecular weight excluding hydrogens is 294 g/mol. The molecule has 0 fully saturated rings. The number of carbonyl (C=O) groups is 1. The molecule has 1 aromatic rings. The number of anilines is 1. The molecule has 1 rings (SSSR count). The lowest BCUT2D eigenvalue weighted by molar-refractivity contribution is 0.0697. The van der Waals surface area contributed by atoms with Crippen LogP contribution in [-0.4, -0.2) is 28.3 Å². The predicted octanol–water partition coefficient (Wildman–Crippen LogP) is 4.31. The molecule has 22 heavy (non-hydrogen) atoms. The third-order valence-corrected chi connectivity index (χ3v) is 7.50. The van der Waals surface area contributed by atoms with Gasteiger partial charge in [0.15, 0.2) is 0 Å². The molecule has 0 atom stereocenters. The van der Waals surface area contributed by atoms with Gasteiger partial charge in [-0.3, -0.25) is 0 Å². The number of rotatable bonds is 7. The van der Waals surface area contributed by atoms with Crippen molar-refractivity contribution in [1.29, 1.82) is 0 Å². The van der Waals surface area contributed by atoms with Gasteiger partial charge in [-0.1, -0.05) is 26.7 Å². The lowest BCUT2D eigenvalue weighted by Crippen LogP contribution is -2.11. The Kier molecular flexibility index (Phi) is 7.34. The second kappa shape index (κ2) is 8.75. The summed E-state index contributed by atoms with van der Waals surface area (Å²) < 4.78 is 0. The van der Waals surface area contributed by atoms with Crippen LogP contribution < -0.4 is 5.73 Å². The summed E-state index contributed by atoms with van der Waals surface area (Å²) in [7, 11) is -0.940. The summed E-state index contributed by atoms with van der Waals surface area (Å²) in [5.41, 5.74) is 7.14. The molecule has 0 heterocycles. The van der Waals surface area contributed by atoms with Gasteiger partial charge in [-0.05, 0) is 60.0 Å². The van der Waals surface area contributed by atoms with Crippen molar-refractivity contribution in [3.8, 4) is 11.2 Å². The highest BCUT2D eigenvalue weighted by atomic mass is 32.3. The first kappa shape index (κ1) is 18.4. The monoisotopic (exact) mass is 321 g/mol. The number of nitrogens with two attached hydrogens (primary N) is 1. The van der Waals surface area contributed by atoms with Crippen LogP contribution in [0, 0.1) is 11.2 Å². The number of nitrogen functional groups attached to an aromatic ring is 1. The zero-order chi connectivity index (χ0) is 16.6. The van der Waals surface area contributed by atoms with Gasteiger partial charge in [-0.25, -0.2) is 4.79 Å². The van der Waals surface area contributed by atoms with Gasteiger partial charge in [0.2, 0.25) is 0 Å². The Morgan fingerprint density at radius 3 is 2.09 bits per heavy atom. The summed E-state index contributed by atoms with van der Waals surface area (Å²) in [5.74, 6) is 5.74. The molecule has 0 aliphatic heterocycles. The summed E-state index contributed by atoms with van der Waals surface area (Å²) in [6.45, 7) is 6.62. The Hall–Kier alpha value is -1.60. The Bertz CT molecular complexity index is 555. The van der Waals surface area contributed by atoms with Crippen LogP contribution in [0.15, 0.2) is 18.2 Å². The fraction of sp³-hybridized carbons (Fsp3) is 0.500. The number of hydrogen-bond acceptors (Lipinski definition) is 2. The smallest absolute Gasteiger partial charge is 0.335 e. The molecule has 0 bridgehead atoms. The van der Waals surface area contributed by atoms with Crippen molar-refractivity contribution in [2.75, 3.05) is 23.0 Å². The average Bonchev–Trinajstić information content (AvgIpc) is 2.45. The Morgan fingerprint density at radius 2 is 1.64 bits per heavy atom. The van der Waals surface area contributed by atoms with E-state index in [4.69, 9.17) is 10.8 Å². The standard InChI is InChI=1S/C18H27NO2S/c1-4-8-22(9-5-2,10-6-3)11-7-15-12-16(18(20)21)14-17(19)13-15/h12-14H,4-6,8-10,19H2,1-3H3,(H,20,21). The summed E-state index contributed by atoms with van der Waals surface area (Å²) in [5, 5.41) is 12.6. The van der Waals surface area contributed by atoms with Crippen LogP contribution in [-0.2, 0) is 0 Å². The highest BCUT2D eigenvalue weighted by molar-refractivity contribution is 8.37. The molecule has 3 N–H and O–H groups in total. The highest BCUT2D eigenvalue weighted by Gasteiger charge is 2.18. The van der Waals surface area contributed by atoms with Crippen LogP contribution in [0.2, 0.25) is 0 Å². The fourth-order valence-corrected chi connectivity index (χ4v) is 6.24. The lowest BCUT2D eigenvalue weighted by Gasteiger charge is -2.34. The zero-order valence-corrected chi connectivity index (χ0v) is 14.6. The van der Waals surface area contributed by atoms with E-state index < -0.39 is 16.0 Å². The van der Waals surface area contributed by atoms with Crippen molar-refractivity contribution in [2.24, 2.45) is 0 Å². The van der Waals surface area contributed by atoms with Crippen LogP contribution in [0.5, 0.6) is 0 Å². The maximum absolute atomic E-state index is 11.1. The molecule has 0 saturated heterocycles. The van der Waals surface area contributed by atoms with E-state index in [1.807, 2.05) is 0 Å². The van der Waals surface area contributed by atoms with Crippen LogP contribution in [0.25, 0.3) is 0 Å². The molecule has 4 heteroatoms. The average molecular weight is 321 g/mol.